The summed E-state index contributed by atoms with van der Waals surface area (Å²) in [7, 11) is 1.55. The van der Waals surface area contributed by atoms with Crippen molar-refractivity contribution in [2.45, 2.75) is 25.7 Å². The van der Waals surface area contributed by atoms with Crippen molar-refractivity contribution in [1.29, 1.82) is 0 Å². The van der Waals surface area contributed by atoms with Gasteiger partial charge >= 0.3 is 0 Å². The first-order chi connectivity index (χ1) is 37.6. The Morgan fingerprint density at radius 2 is 0.679 bits per heavy atom. The Hall–Kier alpha value is -10.3. The zero-order valence-electron chi connectivity index (χ0n) is 41.7. The number of methoxy groups -OCH3 is 1. The van der Waals surface area contributed by atoms with E-state index in [1.54, 1.807) is 128 Å². The zero-order chi connectivity index (χ0) is 55.4. The van der Waals surface area contributed by atoms with E-state index in [4.69, 9.17) is 41.3 Å². The molecule has 17 nitrogen and oxygen atoms in total. The highest BCUT2D eigenvalue weighted by atomic mass is 16.5. The fourth-order valence-electron chi connectivity index (χ4n) is 9.25. The number of fused-ring (bicyclic) bond motifs is 6. The van der Waals surface area contributed by atoms with Gasteiger partial charge in [-0.05, 0) is 55.7 Å². The van der Waals surface area contributed by atoms with Crippen LogP contribution in [0.4, 0.5) is 17.1 Å². The van der Waals surface area contributed by atoms with E-state index in [1.807, 2.05) is 6.07 Å². The van der Waals surface area contributed by atoms with Gasteiger partial charge in [-0.1, -0.05) is 97.4 Å². The number of aromatic hydroxyl groups is 3. The molecule has 0 saturated carbocycles. The summed E-state index contributed by atoms with van der Waals surface area (Å²) in [5.41, 5.74) is 19.7. The van der Waals surface area contributed by atoms with Crippen LogP contribution in [0.3, 0.4) is 0 Å². The van der Waals surface area contributed by atoms with Crippen LogP contribution in [0.5, 0.6) is 51.7 Å². The molecule has 8 aromatic carbocycles. The van der Waals surface area contributed by atoms with Crippen molar-refractivity contribution in [3.05, 3.63) is 212 Å². The first kappa shape index (κ1) is 52.6. The van der Waals surface area contributed by atoms with E-state index in [9.17, 15) is 44.1 Å². The third-order valence-electron chi connectivity index (χ3n) is 13.1. The van der Waals surface area contributed by atoms with Crippen LogP contribution in [0.1, 0.15) is 121 Å². The van der Waals surface area contributed by atoms with Crippen molar-refractivity contribution in [1.82, 2.24) is 0 Å². The SMILES string of the molecule is COc1ccc(Oc2cc(O)c3c(c2N)C(=O)c2ccccc2C3=O)cc1.Nc1c(OCCCCCCO)cc(O)c2c1C(=O)c1ccccc1C2=O.Nc1c(Oc2ccccc2)cc(O)c2c1C(=O)c1ccccc1C2=O. The molecule has 3 aliphatic rings. The predicted octanol–water partition coefficient (Wildman–Crippen LogP) is 9.77. The Labute approximate surface area is 445 Å². The summed E-state index contributed by atoms with van der Waals surface area (Å²) in [6, 6.07) is 38.8. The van der Waals surface area contributed by atoms with Gasteiger partial charge in [0.1, 0.15) is 40.2 Å². The predicted molar refractivity (Wildman–Crippen MR) is 288 cm³/mol. The largest absolute Gasteiger partial charge is 0.507 e. The third kappa shape index (κ3) is 9.91. The number of benzene rings is 8. The van der Waals surface area contributed by atoms with Crippen LogP contribution in [0.15, 0.2) is 146 Å². The molecule has 3 aliphatic carbocycles. The molecule has 392 valence electrons. The van der Waals surface area contributed by atoms with E-state index >= 15 is 0 Å². The molecule has 11 rings (SSSR count). The summed E-state index contributed by atoms with van der Waals surface area (Å²) < 4.78 is 22.1. The number of aliphatic hydroxyl groups excluding tert-OH is 1. The van der Waals surface area contributed by atoms with E-state index in [1.165, 1.54) is 18.2 Å². The lowest BCUT2D eigenvalue weighted by Gasteiger charge is -2.21. The molecule has 17 heteroatoms. The molecule has 0 saturated heterocycles. The van der Waals surface area contributed by atoms with E-state index in [2.05, 4.69) is 0 Å². The standard InChI is InChI=1S/C21H15NO5.C20H21NO5.C20H13NO4/c1-26-11-6-8-12(9-7-11)27-16-10-15(23)17-18(19(16)22)21(25)14-5-3-2-4-13(14)20(17)24;21-18-15(26-10-6-2-1-5-9-22)11-14(23)16-17(18)20(25)13-8-4-3-7-12(13)19(16)24;21-18-15(25-11-6-2-1-3-7-11)10-14(22)16-17(18)20(24)13-9-5-4-8-12(13)19(16)23/h2-10,23H,22H2,1H3;3-4,7-8,11,22-23H,1-2,5-6,9-10,21H2;1-10,22H,21H2. The topological polar surface area (TPSA) is 298 Å². The maximum atomic E-state index is 12.9. The Morgan fingerprint density at radius 3 is 1.05 bits per heavy atom. The summed E-state index contributed by atoms with van der Waals surface area (Å²) in [6.07, 6.45) is 3.29. The van der Waals surface area contributed by atoms with Crippen molar-refractivity contribution in [3.8, 4) is 51.7 Å². The lowest BCUT2D eigenvalue weighted by atomic mass is 9.82. The van der Waals surface area contributed by atoms with Gasteiger partial charge in [-0.3, -0.25) is 28.8 Å². The fourth-order valence-corrected chi connectivity index (χ4v) is 9.25. The summed E-state index contributed by atoms with van der Waals surface area (Å²) in [5, 5.41) is 39.8. The Balaban J connectivity index is 0.000000142. The van der Waals surface area contributed by atoms with Gasteiger partial charge in [0.2, 0.25) is 0 Å². The number of carbonyl (C=O) groups excluding carboxylic acids is 6. The van der Waals surface area contributed by atoms with E-state index < -0.39 is 34.7 Å². The molecule has 0 bridgehead atoms. The average Bonchev–Trinajstić information content (AvgIpc) is 3.66. The molecule has 0 unspecified atom stereocenters. The number of hydrogen-bond donors (Lipinski definition) is 7. The Morgan fingerprint density at radius 1 is 0.372 bits per heavy atom. The molecule has 10 N–H and O–H groups in total. The van der Waals surface area contributed by atoms with Gasteiger partial charge in [-0.25, -0.2) is 0 Å². The molecule has 8 aromatic rings. The first-order valence-electron chi connectivity index (χ1n) is 24.4. The number of carbonyl (C=O) groups is 6. The monoisotopic (exact) mass is 1050 g/mol. The van der Waals surface area contributed by atoms with Crippen LogP contribution in [-0.2, 0) is 0 Å². The number of ether oxygens (including phenoxy) is 4. The van der Waals surface area contributed by atoms with Gasteiger partial charge < -0.3 is 56.6 Å². The highest BCUT2D eigenvalue weighted by Gasteiger charge is 2.38. The fraction of sp³-hybridized carbons (Fsp3) is 0.115. The maximum absolute atomic E-state index is 12.9. The Bertz CT molecular complexity index is 3740. The molecule has 0 aliphatic heterocycles. The van der Waals surface area contributed by atoms with Crippen LogP contribution in [0.2, 0.25) is 0 Å². The van der Waals surface area contributed by atoms with Crippen molar-refractivity contribution in [3.63, 3.8) is 0 Å². The number of para-hydroxylation sites is 1. The van der Waals surface area contributed by atoms with Crippen LogP contribution < -0.4 is 36.1 Å². The second kappa shape index (κ2) is 22.3. The van der Waals surface area contributed by atoms with Crippen molar-refractivity contribution < 1.29 is 68.1 Å². The molecule has 0 atom stereocenters. The molecular formula is C61H49N3O14. The smallest absolute Gasteiger partial charge is 0.198 e. The number of nitrogens with two attached hydrogens (primary N) is 3. The van der Waals surface area contributed by atoms with Gasteiger partial charge in [0.05, 0.1) is 64.2 Å². The van der Waals surface area contributed by atoms with Crippen molar-refractivity contribution in [2.75, 3.05) is 37.5 Å². The molecule has 0 fully saturated rings. The van der Waals surface area contributed by atoms with E-state index in [0.29, 0.717) is 23.9 Å². The number of phenolic OH excluding ortho intramolecular Hbond substituents is 3. The summed E-state index contributed by atoms with van der Waals surface area (Å²) in [6.45, 7) is 0.538. The highest BCUT2D eigenvalue weighted by molar-refractivity contribution is 6.33. The van der Waals surface area contributed by atoms with Gasteiger partial charge in [0.25, 0.3) is 0 Å². The normalized spacial score (nSPS) is 12.5. The molecule has 0 aromatic heterocycles. The van der Waals surface area contributed by atoms with E-state index in [0.717, 1.165) is 25.7 Å². The number of anilines is 3. The maximum Gasteiger partial charge on any atom is 0.198 e. The first-order valence-corrected chi connectivity index (χ1v) is 24.4. The number of unbranched alkanes of at least 4 members (excludes halogenated alkanes) is 3. The molecule has 0 heterocycles. The number of rotatable bonds is 12. The molecule has 0 spiro atoms. The average molecular weight is 1050 g/mol. The minimum absolute atomic E-state index is 0.00369. The van der Waals surface area contributed by atoms with Crippen molar-refractivity contribution in [2.24, 2.45) is 0 Å². The lowest BCUT2D eigenvalue weighted by Crippen LogP contribution is -2.23. The zero-order valence-corrected chi connectivity index (χ0v) is 41.7. The van der Waals surface area contributed by atoms with Gasteiger partial charge in [-0.2, -0.15) is 0 Å². The third-order valence-corrected chi connectivity index (χ3v) is 13.1. The summed E-state index contributed by atoms with van der Waals surface area (Å²) in [5.74, 6) is -1.49. The quantitative estimate of drug-likeness (QED) is 0.0340. The summed E-state index contributed by atoms with van der Waals surface area (Å²) >= 11 is 0. The molecular weight excluding hydrogens is 999 g/mol. The van der Waals surface area contributed by atoms with Gasteiger partial charge in [-0.15, -0.1) is 0 Å². The second-order valence-corrected chi connectivity index (χ2v) is 18.0. The number of ketones is 6. The number of hydrogen-bond acceptors (Lipinski definition) is 17. The van der Waals surface area contributed by atoms with Crippen LogP contribution in [0, 0.1) is 0 Å². The van der Waals surface area contributed by atoms with E-state index in [-0.39, 0.29) is 125 Å². The number of aliphatic hydroxyl groups is 1. The second-order valence-electron chi connectivity index (χ2n) is 18.0. The van der Waals surface area contributed by atoms with Crippen LogP contribution in [-0.4, -0.2) is 75.4 Å². The molecule has 0 radical (unpaired) electrons. The number of phenols is 3. The minimum atomic E-state index is -0.444. The van der Waals surface area contributed by atoms with Crippen molar-refractivity contribution >= 4 is 51.8 Å². The van der Waals surface area contributed by atoms with Gasteiger partial charge in [0, 0.05) is 58.2 Å². The van der Waals surface area contributed by atoms with Gasteiger partial charge in [0.15, 0.2) is 46.2 Å². The molecule has 78 heavy (non-hydrogen) atoms. The van der Waals surface area contributed by atoms with Crippen LogP contribution in [0.25, 0.3) is 0 Å². The minimum Gasteiger partial charge on any atom is -0.507 e. The summed E-state index contributed by atoms with van der Waals surface area (Å²) in [4.78, 5) is 76.6. The highest BCUT2D eigenvalue weighted by Crippen LogP contribution is 2.45. The molecule has 0 amide bonds. The lowest BCUT2D eigenvalue weighted by molar-refractivity contribution is 0.0977. The Kier molecular flexibility index (Phi) is 15.0. The number of nitrogen functional groups attached to an aromatic ring is 3. The van der Waals surface area contributed by atoms with Crippen LogP contribution >= 0.6 is 0 Å².